The van der Waals surface area contributed by atoms with Crippen LogP contribution in [0.15, 0.2) is 59.2 Å². The first-order valence-corrected chi connectivity index (χ1v) is 6.94. The van der Waals surface area contributed by atoms with Crippen molar-refractivity contribution in [1.82, 2.24) is 5.32 Å². The monoisotopic (exact) mass is 296 g/mol. The topological polar surface area (TPSA) is 41.5 Å². The van der Waals surface area contributed by atoms with Crippen molar-refractivity contribution in [2.75, 3.05) is 0 Å². The number of aryl methyl sites for hydroxylation is 1. The van der Waals surface area contributed by atoms with Gasteiger partial charge in [0.25, 0.3) is 5.91 Å². The molecule has 0 aliphatic carbocycles. The van der Waals surface area contributed by atoms with Gasteiger partial charge in [0.2, 0.25) is 0 Å². The van der Waals surface area contributed by atoms with Crippen LogP contribution in [0.1, 0.15) is 16.7 Å². The fourth-order valence-electron chi connectivity index (χ4n) is 2.11. The number of rotatable bonds is 2. The summed E-state index contributed by atoms with van der Waals surface area (Å²) in [4.78, 5) is 16.4. The Hall–Kier alpha value is -2.39. The zero-order valence-corrected chi connectivity index (χ0v) is 12.2. The molecule has 0 saturated heterocycles. The number of aliphatic imine (C=N–C) groups is 1. The van der Waals surface area contributed by atoms with Crippen LogP contribution < -0.4 is 5.32 Å². The first kappa shape index (κ1) is 13.6. The molecule has 0 aromatic heterocycles. The normalized spacial score (nSPS) is 16.0. The zero-order valence-electron chi connectivity index (χ0n) is 11.4. The first-order chi connectivity index (χ1) is 10.1. The molecule has 2 aromatic rings. The summed E-state index contributed by atoms with van der Waals surface area (Å²) >= 11 is 5.85. The van der Waals surface area contributed by atoms with E-state index in [9.17, 15) is 4.79 Å². The van der Waals surface area contributed by atoms with Crippen molar-refractivity contribution < 1.29 is 4.79 Å². The number of amidine groups is 1. The van der Waals surface area contributed by atoms with Gasteiger partial charge in [-0.1, -0.05) is 47.5 Å². The summed E-state index contributed by atoms with van der Waals surface area (Å²) < 4.78 is 0. The van der Waals surface area contributed by atoms with Crippen LogP contribution >= 0.6 is 11.6 Å². The van der Waals surface area contributed by atoms with Gasteiger partial charge in [0.1, 0.15) is 11.5 Å². The molecule has 0 spiro atoms. The quantitative estimate of drug-likeness (QED) is 0.846. The Morgan fingerprint density at radius 2 is 1.90 bits per heavy atom. The van der Waals surface area contributed by atoms with Crippen LogP contribution in [0.2, 0.25) is 5.02 Å². The van der Waals surface area contributed by atoms with E-state index in [1.165, 1.54) is 0 Å². The maximum Gasteiger partial charge on any atom is 0.275 e. The standard InChI is InChI=1S/C17H13ClN2O/c1-11-3-2-4-13(9-11)16-19-15(17(21)20-16)10-12-5-7-14(18)8-6-12/h2-10H,1H3,(H,19,20,21)/b15-10+. The Morgan fingerprint density at radius 1 is 1.14 bits per heavy atom. The van der Waals surface area contributed by atoms with E-state index in [1.54, 1.807) is 18.2 Å². The highest BCUT2D eigenvalue weighted by Gasteiger charge is 2.20. The molecular formula is C17H13ClN2O. The van der Waals surface area contributed by atoms with Crippen LogP contribution in [0.3, 0.4) is 0 Å². The van der Waals surface area contributed by atoms with Crippen LogP contribution in [-0.4, -0.2) is 11.7 Å². The molecule has 3 nitrogen and oxygen atoms in total. The Bertz CT molecular complexity index is 761. The number of amides is 1. The average molecular weight is 297 g/mol. The Kier molecular flexibility index (Phi) is 3.59. The lowest BCUT2D eigenvalue weighted by Gasteiger charge is -2.00. The number of hydrogen-bond donors (Lipinski definition) is 1. The fraction of sp³-hybridized carbons (Fsp3) is 0.0588. The summed E-state index contributed by atoms with van der Waals surface area (Å²) in [5.74, 6) is 0.394. The molecule has 0 atom stereocenters. The molecule has 2 aromatic carbocycles. The van der Waals surface area contributed by atoms with E-state index in [1.807, 2.05) is 43.3 Å². The molecule has 0 radical (unpaired) electrons. The minimum atomic E-state index is -0.193. The first-order valence-electron chi connectivity index (χ1n) is 6.56. The maximum atomic E-state index is 12.0. The highest BCUT2D eigenvalue weighted by molar-refractivity contribution is 6.30. The molecule has 0 unspecified atom stereocenters. The molecular weight excluding hydrogens is 284 g/mol. The molecule has 1 heterocycles. The minimum absolute atomic E-state index is 0.193. The summed E-state index contributed by atoms with van der Waals surface area (Å²) in [6.07, 6.45) is 1.74. The van der Waals surface area contributed by atoms with Crippen molar-refractivity contribution in [2.45, 2.75) is 6.92 Å². The smallest absolute Gasteiger partial charge is 0.275 e. The van der Waals surface area contributed by atoms with Gasteiger partial charge >= 0.3 is 0 Å². The van der Waals surface area contributed by atoms with E-state index < -0.39 is 0 Å². The second-order valence-electron chi connectivity index (χ2n) is 4.87. The third kappa shape index (κ3) is 3.03. The Morgan fingerprint density at radius 3 is 2.62 bits per heavy atom. The van der Waals surface area contributed by atoms with Gasteiger partial charge in [0, 0.05) is 10.6 Å². The van der Waals surface area contributed by atoms with E-state index in [0.29, 0.717) is 16.6 Å². The Labute approximate surface area is 128 Å². The third-order valence-corrected chi connectivity index (χ3v) is 3.41. The summed E-state index contributed by atoms with van der Waals surface area (Å²) in [6, 6.07) is 15.1. The SMILES string of the molecule is Cc1cccc(C2=N/C(=C/c3ccc(Cl)cc3)C(=O)N2)c1. The molecule has 4 heteroatoms. The van der Waals surface area contributed by atoms with Crippen LogP contribution in [-0.2, 0) is 4.79 Å². The maximum absolute atomic E-state index is 12.0. The van der Waals surface area contributed by atoms with Crippen molar-refractivity contribution in [3.63, 3.8) is 0 Å². The lowest BCUT2D eigenvalue weighted by atomic mass is 10.1. The van der Waals surface area contributed by atoms with Crippen LogP contribution in [0.4, 0.5) is 0 Å². The van der Waals surface area contributed by atoms with Crippen molar-refractivity contribution in [1.29, 1.82) is 0 Å². The molecule has 1 aliphatic rings. The van der Waals surface area contributed by atoms with E-state index in [4.69, 9.17) is 11.6 Å². The molecule has 3 rings (SSSR count). The van der Waals surface area contributed by atoms with Gasteiger partial charge in [-0.25, -0.2) is 4.99 Å². The predicted octanol–water partition coefficient (Wildman–Crippen LogP) is 3.57. The lowest BCUT2D eigenvalue weighted by molar-refractivity contribution is -0.115. The van der Waals surface area contributed by atoms with Crippen molar-refractivity contribution >= 4 is 29.4 Å². The van der Waals surface area contributed by atoms with E-state index in [2.05, 4.69) is 10.3 Å². The molecule has 0 bridgehead atoms. The van der Waals surface area contributed by atoms with Crippen LogP contribution in [0, 0.1) is 6.92 Å². The minimum Gasteiger partial charge on any atom is -0.305 e. The highest BCUT2D eigenvalue weighted by Crippen LogP contribution is 2.17. The van der Waals surface area contributed by atoms with Crippen molar-refractivity contribution in [2.24, 2.45) is 4.99 Å². The molecule has 1 amide bonds. The zero-order chi connectivity index (χ0) is 14.8. The van der Waals surface area contributed by atoms with E-state index in [0.717, 1.165) is 16.7 Å². The average Bonchev–Trinajstić information content (AvgIpc) is 2.83. The predicted molar refractivity (Wildman–Crippen MR) is 85.3 cm³/mol. The van der Waals surface area contributed by atoms with Gasteiger partial charge < -0.3 is 5.32 Å². The largest absolute Gasteiger partial charge is 0.305 e. The number of carbonyl (C=O) groups is 1. The fourth-order valence-corrected chi connectivity index (χ4v) is 2.24. The van der Waals surface area contributed by atoms with Gasteiger partial charge in [-0.3, -0.25) is 4.79 Å². The van der Waals surface area contributed by atoms with Gasteiger partial charge in [-0.15, -0.1) is 0 Å². The number of hydrogen-bond acceptors (Lipinski definition) is 2. The van der Waals surface area contributed by atoms with Crippen LogP contribution in [0.5, 0.6) is 0 Å². The second-order valence-corrected chi connectivity index (χ2v) is 5.30. The molecule has 1 aliphatic heterocycles. The molecule has 0 fully saturated rings. The summed E-state index contributed by atoms with van der Waals surface area (Å²) in [5, 5.41) is 3.46. The van der Waals surface area contributed by atoms with E-state index >= 15 is 0 Å². The summed E-state index contributed by atoms with van der Waals surface area (Å²) in [5.41, 5.74) is 3.31. The van der Waals surface area contributed by atoms with Gasteiger partial charge in [-0.2, -0.15) is 0 Å². The molecule has 0 saturated carbocycles. The van der Waals surface area contributed by atoms with Gasteiger partial charge in [0.05, 0.1) is 0 Å². The third-order valence-electron chi connectivity index (χ3n) is 3.16. The molecule has 104 valence electrons. The highest BCUT2D eigenvalue weighted by atomic mass is 35.5. The number of halogens is 1. The number of nitrogens with one attached hydrogen (secondary N) is 1. The van der Waals surface area contributed by atoms with E-state index in [-0.39, 0.29) is 5.91 Å². The number of benzene rings is 2. The van der Waals surface area contributed by atoms with Gasteiger partial charge in [-0.05, 0) is 36.8 Å². The number of carbonyl (C=O) groups excluding carboxylic acids is 1. The Balaban J connectivity index is 1.93. The molecule has 21 heavy (non-hydrogen) atoms. The summed E-state index contributed by atoms with van der Waals surface area (Å²) in [6.45, 7) is 2.01. The summed E-state index contributed by atoms with van der Waals surface area (Å²) in [7, 11) is 0. The second kappa shape index (κ2) is 5.54. The van der Waals surface area contributed by atoms with Crippen molar-refractivity contribution in [3.05, 3.63) is 75.9 Å². The lowest BCUT2D eigenvalue weighted by Crippen LogP contribution is -2.24. The van der Waals surface area contributed by atoms with Gasteiger partial charge in [0.15, 0.2) is 0 Å². The van der Waals surface area contributed by atoms with Crippen molar-refractivity contribution in [3.8, 4) is 0 Å². The molecule has 1 N–H and O–H groups in total. The number of nitrogens with zero attached hydrogens (tertiary/aromatic N) is 1. The van der Waals surface area contributed by atoms with Crippen LogP contribution in [0.25, 0.3) is 6.08 Å².